The van der Waals surface area contributed by atoms with E-state index < -0.39 is 0 Å². The molecule has 74 valence electrons. The second-order valence-electron chi connectivity index (χ2n) is 2.81. The van der Waals surface area contributed by atoms with Gasteiger partial charge in [-0.1, -0.05) is 24.6 Å². The van der Waals surface area contributed by atoms with Crippen LogP contribution in [0.1, 0.15) is 18.4 Å². The maximum absolute atomic E-state index is 12.7. The van der Waals surface area contributed by atoms with E-state index in [9.17, 15) is 4.39 Å². The molecular formula is C9H12Cl2FN. The van der Waals surface area contributed by atoms with Crippen LogP contribution in [0.2, 0.25) is 5.02 Å². The molecule has 1 unspecified atom stereocenters. The van der Waals surface area contributed by atoms with E-state index in [-0.39, 0.29) is 29.2 Å². The summed E-state index contributed by atoms with van der Waals surface area (Å²) in [5.74, 6) is -0.160. The largest absolute Gasteiger partial charge is 0.330 e. The smallest absolute Gasteiger partial charge is 0.141 e. The van der Waals surface area contributed by atoms with Crippen molar-refractivity contribution >= 4 is 24.0 Å². The molecule has 0 aliphatic carbocycles. The van der Waals surface area contributed by atoms with Crippen LogP contribution in [0.25, 0.3) is 0 Å². The Kier molecular flexibility index (Phi) is 5.30. The zero-order valence-electron chi connectivity index (χ0n) is 7.26. The van der Waals surface area contributed by atoms with Crippen molar-refractivity contribution in [1.29, 1.82) is 0 Å². The first-order valence-corrected chi connectivity index (χ1v) is 4.18. The Morgan fingerprint density at radius 3 is 2.62 bits per heavy atom. The van der Waals surface area contributed by atoms with Gasteiger partial charge in [0.1, 0.15) is 5.82 Å². The maximum atomic E-state index is 12.7. The Hall–Kier alpha value is -0.310. The van der Waals surface area contributed by atoms with Crippen molar-refractivity contribution in [3.63, 3.8) is 0 Å². The van der Waals surface area contributed by atoms with Gasteiger partial charge < -0.3 is 5.73 Å². The lowest BCUT2D eigenvalue weighted by atomic mass is 10.0. The average Bonchev–Trinajstić information content (AvgIpc) is 2.08. The summed E-state index contributed by atoms with van der Waals surface area (Å²) in [6, 6.07) is 4.69. The monoisotopic (exact) mass is 223 g/mol. The lowest BCUT2D eigenvalue weighted by Gasteiger charge is -2.08. The van der Waals surface area contributed by atoms with Crippen LogP contribution in [0.5, 0.6) is 0 Å². The molecule has 0 bridgehead atoms. The Bertz CT molecular complexity index is 278. The van der Waals surface area contributed by atoms with Crippen molar-refractivity contribution in [2.75, 3.05) is 6.54 Å². The van der Waals surface area contributed by atoms with E-state index in [2.05, 4.69) is 0 Å². The van der Waals surface area contributed by atoms with Crippen LogP contribution < -0.4 is 5.73 Å². The second-order valence-corrected chi connectivity index (χ2v) is 3.22. The first-order chi connectivity index (χ1) is 5.65. The third-order valence-corrected chi connectivity index (χ3v) is 2.16. The van der Waals surface area contributed by atoms with E-state index in [1.54, 1.807) is 12.1 Å². The van der Waals surface area contributed by atoms with E-state index >= 15 is 0 Å². The average molecular weight is 224 g/mol. The number of hydrogen-bond donors (Lipinski definition) is 1. The molecule has 4 heteroatoms. The van der Waals surface area contributed by atoms with Crippen molar-refractivity contribution in [2.24, 2.45) is 5.73 Å². The number of nitrogens with two attached hydrogens (primary N) is 1. The summed E-state index contributed by atoms with van der Waals surface area (Å²) in [4.78, 5) is 0. The maximum Gasteiger partial charge on any atom is 0.141 e. The van der Waals surface area contributed by atoms with Gasteiger partial charge in [0.2, 0.25) is 0 Å². The van der Waals surface area contributed by atoms with Crippen molar-refractivity contribution in [1.82, 2.24) is 0 Å². The number of benzene rings is 1. The number of halogens is 3. The molecule has 1 nitrogen and oxygen atoms in total. The van der Waals surface area contributed by atoms with Crippen LogP contribution in [-0.4, -0.2) is 6.54 Å². The molecule has 0 saturated carbocycles. The Morgan fingerprint density at radius 2 is 2.15 bits per heavy atom. The molecule has 1 aromatic rings. The molecule has 0 heterocycles. The van der Waals surface area contributed by atoms with Gasteiger partial charge >= 0.3 is 0 Å². The lowest BCUT2D eigenvalue weighted by Crippen LogP contribution is -2.08. The zero-order chi connectivity index (χ0) is 9.14. The van der Waals surface area contributed by atoms with Gasteiger partial charge in [-0.25, -0.2) is 4.39 Å². The first-order valence-electron chi connectivity index (χ1n) is 3.80. The molecule has 1 aromatic carbocycles. The summed E-state index contributed by atoms with van der Waals surface area (Å²) in [6.07, 6.45) is 0. The van der Waals surface area contributed by atoms with Gasteiger partial charge in [-0.05, 0) is 30.2 Å². The summed E-state index contributed by atoms with van der Waals surface area (Å²) in [5, 5.41) is 0.160. The van der Waals surface area contributed by atoms with Crippen LogP contribution >= 0.6 is 24.0 Å². The third-order valence-electron chi connectivity index (χ3n) is 1.87. The Balaban J connectivity index is 0.00000144. The fraction of sp³-hybridized carbons (Fsp3) is 0.333. The molecule has 0 aromatic heterocycles. The van der Waals surface area contributed by atoms with Crippen LogP contribution in [0, 0.1) is 5.82 Å². The van der Waals surface area contributed by atoms with Gasteiger partial charge in [0.25, 0.3) is 0 Å². The molecular weight excluding hydrogens is 212 g/mol. The van der Waals surface area contributed by atoms with E-state index in [0.29, 0.717) is 6.54 Å². The van der Waals surface area contributed by atoms with Crippen molar-refractivity contribution < 1.29 is 4.39 Å². The zero-order valence-corrected chi connectivity index (χ0v) is 8.83. The quantitative estimate of drug-likeness (QED) is 0.821. The van der Waals surface area contributed by atoms with Gasteiger partial charge in [-0.3, -0.25) is 0 Å². The van der Waals surface area contributed by atoms with Gasteiger partial charge in [0.15, 0.2) is 0 Å². The normalized spacial score (nSPS) is 12.0. The van der Waals surface area contributed by atoms with E-state index in [0.717, 1.165) is 5.56 Å². The highest BCUT2D eigenvalue weighted by Gasteiger charge is 2.05. The highest BCUT2D eigenvalue weighted by atomic mass is 35.5. The molecule has 0 saturated heterocycles. The van der Waals surface area contributed by atoms with Gasteiger partial charge in [0.05, 0.1) is 5.02 Å². The second kappa shape index (κ2) is 5.43. The minimum Gasteiger partial charge on any atom is -0.330 e. The highest BCUT2D eigenvalue weighted by Crippen LogP contribution is 2.21. The van der Waals surface area contributed by atoms with E-state index in [1.807, 2.05) is 6.92 Å². The predicted molar refractivity (Wildman–Crippen MR) is 56.1 cm³/mol. The van der Waals surface area contributed by atoms with E-state index in [4.69, 9.17) is 17.3 Å². The topological polar surface area (TPSA) is 26.0 Å². The molecule has 13 heavy (non-hydrogen) atoms. The number of rotatable bonds is 2. The van der Waals surface area contributed by atoms with Crippen LogP contribution in [-0.2, 0) is 0 Å². The number of hydrogen-bond acceptors (Lipinski definition) is 1. The first kappa shape index (κ1) is 12.7. The predicted octanol–water partition coefficient (Wildman–Crippen LogP) is 2.96. The molecule has 0 spiro atoms. The molecule has 0 fully saturated rings. The van der Waals surface area contributed by atoms with Gasteiger partial charge in [0, 0.05) is 0 Å². The standard InChI is InChI=1S/C9H11ClFN.ClH/c1-6(5-12)7-2-3-9(11)8(10)4-7;/h2-4,6H,5,12H2,1H3;1H. The lowest BCUT2D eigenvalue weighted by molar-refractivity contribution is 0.626. The molecule has 1 atom stereocenters. The Labute approximate surface area is 88.5 Å². The third kappa shape index (κ3) is 3.14. The highest BCUT2D eigenvalue weighted by molar-refractivity contribution is 6.30. The molecule has 2 N–H and O–H groups in total. The van der Waals surface area contributed by atoms with E-state index in [1.165, 1.54) is 6.07 Å². The van der Waals surface area contributed by atoms with Crippen molar-refractivity contribution in [3.05, 3.63) is 34.6 Å². The molecule has 0 aliphatic heterocycles. The summed E-state index contributed by atoms with van der Waals surface area (Å²) in [6.45, 7) is 2.52. The molecule has 1 rings (SSSR count). The Morgan fingerprint density at radius 1 is 1.54 bits per heavy atom. The molecule has 0 aliphatic rings. The fourth-order valence-electron chi connectivity index (χ4n) is 0.955. The molecule has 0 radical (unpaired) electrons. The van der Waals surface area contributed by atoms with Crippen molar-refractivity contribution in [3.8, 4) is 0 Å². The fourth-order valence-corrected chi connectivity index (χ4v) is 1.14. The summed E-state index contributed by atoms with van der Waals surface area (Å²) in [7, 11) is 0. The summed E-state index contributed by atoms with van der Waals surface area (Å²) in [5.41, 5.74) is 6.43. The van der Waals surface area contributed by atoms with Crippen LogP contribution in [0.3, 0.4) is 0 Å². The SMILES string of the molecule is CC(CN)c1ccc(F)c(Cl)c1.Cl. The summed E-state index contributed by atoms with van der Waals surface area (Å²) >= 11 is 5.60. The van der Waals surface area contributed by atoms with Crippen molar-refractivity contribution in [2.45, 2.75) is 12.8 Å². The van der Waals surface area contributed by atoms with Gasteiger partial charge in [-0.15, -0.1) is 12.4 Å². The van der Waals surface area contributed by atoms with Crippen LogP contribution in [0.4, 0.5) is 4.39 Å². The molecule has 0 amide bonds. The minimum atomic E-state index is -0.385. The van der Waals surface area contributed by atoms with Crippen LogP contribution in [0.15, 0.2) is 18.2 Å². The van der Waals surface area contributed by atoms with Gasteiger partial charge in [-0.2, -0.15) is 0 Å². The summed E-state index contributed by atoms with van der Waals surface area (Å²) < 4.78 is 12.7. The minimum absolute atomic E-state index is 0.